The third kappa shape index (κ3) is 3.36. The molecule has 0 fully saturated rings. The van der Waals surface area contributed by atoms with Crippen molar-refractivity contribution in [2.24, 2.45) is 0 Å². The van der Waals surface area contributed by atoms with Gasteiger partial charge in [0.15, 0.2) is 5.13 Å². The highest BCUT2D eigenvalue weighted by Crippen LogP contribution is 2.30. The highest BCUT2D eigenvalue weighted by molar-refractivity contribution is 9.10. The number of fused-ring (bicyclic) bond motifs is 1. The Morgan fingerprint density at radius 3 is 3.00 bits per heavy atom. The van der Waals surface area contributed by atoms with Crippen LogP contribution in [0.15, 0.2) is 15.9 Å². The van der Waals surface area contributed by atoms with Crippen molar-refractivity contribution < 1.29 is 4.79 Å². The lowest BCUT2D eigenvalue weighted by Crippen LogP contribution is -2.35. The molecule has 2 aromatic heterocycles. The molecule has 2 aromatic rings. The first kappa shape index (κ1) is 15.1. The number of thiazole rings is 1. The standard InChI is InChI=1S/C14H16BrN3OS2/c1-8(2)18-4-3-10-12(6-18)21-14(16-10)17-13(19)11-5-9(15)7-20-11/h5,7-8H,3-4,6H2,1-2H3,(H,16,17,19). The predicted octanol–water partition coefficient (Wildman–Crippen LogP) is 3.99. The normalized spacial score (nSPS) is 15.2. The lowest BCUT2D eigenvalue weighted by atomic mass is 10.1. The van der Waals surface area contributed by atoms with Gasteiger partial charge >= 0.3 is 0 Å². The van der Waals surface area contributed by atoms with Gasteiger partial charge in [-0.05, 0) is 35.8 Å². The van der Waals surface area contributed by atoms with Crippen molar-refractivity contribution in [1.29, 1.82) is 0 Å². The van der Waals surface area contributed by atoms with Gasteiger partial charge in [-0.25, -0.2) is 4.98 Å². The van der Waals surface area contributed by atoms with E-state index in [1.807, 2.05) is 11.4 Å². The van der Waals surface area contributed by atoms with E-state index in [1.165, 1.54) is 16.2 Å². The number of thiophene rings is 1. The molecule has 0 saturated carbocycles. The summed E-state index contributed by atoms with van der Waals surface area (Å²) in [5.41, 5.74) is 1.14. The number of amides is 1. The fraction of sp³-hybridized carbons (Fsp3) is 0.429. The molecule has 7 heteroatoms. The molecule has 0 aromatic carbocycles. The van der Waals surface area contributed by atoms with E-state index < -0.39 is 0 Å². The quantitative estimate of drug-likeness (QED) is 0.868. The van der Waals surface area contributed by atoms with Gasteiger partial charge in [-0.15, -0.1) is 22.7 Å². The summed E-state index contributed by atoms with van der Waals surface area (Å²) in [7, 11) is 0. The van der Waals surface area contributed by atoms with Crippen LogP contribution in [0.1, 0.15) is 34.1 Å². The maximum absolute atomic E-state index is 12.1. The first-order valence-electron chi connectivity index (χ1n) is 6.81. The summed E-state index contributed by atoms with van der Waals surface area (Å²) in [6.07, 6.45) is 0.963. The third-order valence-corrected chi connectivity index (χ3v) is 6.19. The minimum Gasteiger partial charge on any atom is -0.297 e. The summed E-state index contributed by atoms with van der Waals surface area (Å²) < 4.78 is 0.934. The Labute approximate surface area is 140 Å². The Morgan fingerprint density at radius 1 is 1.52 bits per heavy atom. The van der Waals surface area contributed by atoms with Gasteiger partial charge in [0.05, 0.1) is 10.6 Å². The van der Waals surface area contributed by atoms with Crippen molar-refractivity contribution in [2.75, 3.05) is 11.9 Å². The number of nitrogens with zero attached hydrogens (tertiary/aromatic N) is 2. The van der Waals surface area contributed by atoms with Crippen molar-refractivity contribution in [1.82, 2.24) is 9.88 Å². The summed E-state index contributed by atoms with van der Waals surface area (Å²) in [6, 6.07) is 2.37. The van der Waals surface area contributed by atoms with Gasteiger partial charge in [0.25, 0.3) is 5.91 Å². The second kappa shape index (κ2) is 6.16. The van der Waals surface area contributed by atoms with Gasteiger partial charge in [0.2, 0.25) is 0 Å². The Bertz CT molecular complexity index is 665. The number of carbonyl (C=O) groups is 1. The van der Waals surface area contributed by atoms with Crippen LogP contribution in [0.3, 0.4) is 0 Å². The number of anilines is 1. The van der Waals surface area contributed by atoms with Crippen LogP contribution < -0.4 is 5.32 Å². The zero-order valence-corrected chi connectivity index (χ0v) is 15.1. The van der Waals surface area contributed by atoms with E-state index in [2.05, 4.69) is 45.0 Å². The van der Waals surface area contributed by atoms with Gasteiger partial charge in [-0.2, -0.15) is 0 Å². The van der Waals surface area contributed by atoms with E-state index in [4.69, 9.17) is 0 Å². The van der Waals surface area contributed by atoms with Crippen LogP contribution in [0.5, 0.6) is 0 Å². The third-order valence-electron chi connectivity index (χ3n) is 3.50. The van der Waals surface area contributed by atoms with Gasteiger partial charge in [0.1, 0.15) is 0 Å². The van der Waals surface area contributed by atoms with E-state index in [-0.39, 0.29) is 5.91 Å². The van der Waals surface area contributed by atoms with Crippen LogP contribution in [0.2, 0.25) is 0 Å². The number of halogens is 1. The molecule has 1 aliphatic rings. The zero-order chi connectivity index (χ0) is 15.0. The lowest BCUT2D eigenvalue weighted by Gasteiger charge is -2.29. The predicted molar refractivity (Wildman–Crippen MR) is 91.3 cm³/mol. The number of hydrogen-bond acceptors (Lipinski definition) is 5. The Kier molecular flexibility index (Phi) is 4.44. The number of hydrogen-bond donors (Lipinski definition) is 1. The highest BCUT2D eigenvalue weighted by atomic mass is 79.9. The van der Waals surface area contributed by atoms with Crippen molar-refractivity contribution >= 4 is 49.6 Å². The second-order valence-corrected chi connectivity index (χ2v) is 8.20. The molecule has 3 rings (SSSR count). The van der Waals surface area contributed by atoms with Gasteiger partial charge in [-0.1, -0.05) is 0 Å². The molecular weight excluding hydrogens is 370 g/mol. The fourth-order valence-electron chi connectivity index (χ4n) is 2.30. The van der Waals surface area contributed by atoms with E-state index in [9.17, 15) is 4.79 Å². The molecule has 0 atom stereocenters. The summed E-state index contributed by atoms with van der Waals surface area (Å²) in [5, 5.41) is 5.53. The number of nitrogens with one attached hydrogen (secondary N) is 1. The second-order valence-electron chi connectivity index (χ2n) is 5.29. The largest absolute Gasteiger partial charge is 0.297 e. The first-order chi connectivity index (χ1) is 10.0. The fourth-order valence-corrected chi connectivity index (χ4v) is 4.65. The van der Waals surface area contributed by atoms with Crippen LogP contribution in [-0.4, -0.2) is 28.4 Å². The van der Waals surface area contributed by atoms with Crippen molar-refractivity contribution in [3.8, 4) is 0 Å². The van der Waals surface area contributed by atoms with Gasteiger partial charge in [0, 0.05) is 40.3 Å². The number of carbonyl (C=O) groups excluding carboxylic acids is 1. The molecule has 1 aliphatic heterocycles. The monoisotopic (exact) mass is 385 g/mol. The van der Waals surface area contributed by atoms with Crippen LogP contribution >= 0.6 is 38.6 Å². The Morgan fingerprint density at radius 2 is 2.33 bits per heavy atom. The van der Waals surface area contributed by atoms with Gasteiger partial charge in [-0.3, -0.25) is 15.0 Å². The van der Waals surface area contributed by atoms with Crippen molar-refractivity contribution in [2.45, 2.75) is 32.9 Å². The average Bonchev–Trinajstić information content (AvgIpc) is 3.03. The molecule has 0 saturated heterocycles. The molecule has 0 unspecified atom stereocenters. The van der Waals surface area contributed by atoms with E-state index in [1.54, 1.807) is 11.3 Å². The topological polar surface area (TPSA) is 45.2 Å². The first-order valence-corrected chi connectivity index (χ1v) is 9.30. The number of rotatable bonds is 3. The van der Waals surface area contributed by atoms with E-state index in [0.29, 0.717) is 16.1 Å². The van der Waals surface area contributed by atoms with Crippen LogP contribution in [-0.2, 0) is 13.0 Å². The summed E-state index contributed by atoms with van der Waals surface area (Å²) in [4.78, 5) is 21.1. The molecule has 21 heavy (non-hydrogen) atoms. The van der Waals surface area contributed by atoms with Crippen LogP contribution in [0.4, 0.5) is 5.13 Å². The summed E-state index contributed by atoms with van der Waals surface area (Å²) in [5.74, 6) is -0.0856. The maximum Gasteiger partial charge on any atom is 0.267 e. The minimum atomic E-state index is -0.0856. The molecule has 1 N–H and O–H groups in total. The molecule has 3 heterocycles. The number of aromatic nitrogens is 1. The average molecular weight is 386 g/mol. The minimum absolute atomic E-state index is 0.0856. The molecule has 112 valence electrons. The van der Waals surface area contributed by atoms with Crippen LogP contribution in [0.25, 0.3) is 0 Å². The molecule has 1 amide bonds. The highest BCUT2D eigenvalue weighted by Gasteiger charge is 2.23. The van der Waals surface area contributed by atoms with Crippen molar-refractivity contribution in [3.63, 3.8) is 0 Å². The molecule has 0 aliphatic carbocycles. The van der Waals surface area contributed by atoms with Gasteiger partial charge < -0.3 is 0 Å². The smallest absolute Gasteiger partial charge is 0.267 e. The van der Waals surface area contributed by atoms with Crippen LogP contribution in [0, 0.1) is 0 Å². The van der Waals surface area contributed by atoms with Crippen molar-refractivity contribution in [3.05, 3.63) is 31.4 Å². The SMILES string of the molecule is CC(C)N1CCc2nc(NC(=O)c3cc(Br)cs3)sc2C1. The Hall–Kier alpha value is -0.760. The molecule has 4 nitrogen and oxygen atoms in total. The molecule has 0 spiro atoms. The summed E-state index contributed by atoms with van der Waals surface area (Å²) >= 11 is 6.38. The molecular formula is C14H16BrN3OS2. The lowest BCUT2D eigenvalue weighted by molar-refractivity contribution is 0.103. The molecule has 0 radical (unpaired) electrons. The van der Waals surface area contributed by atoms with E-state index in [0.717, 1.165) is 29.7 Å². The Balaban J connectivity index is 1.72. The summed E-state index contributed by atoms with van der Waals surface area (Å²) in [6.45, 7) is 6.40. The maximum atomic E-state index is 12.1. The molecule has 0 bridgehead atoms. The zero-order valence-electron chi connectivity index (χ0n) is 11.9. The van der Waals surface area contributed by atoms with E-state index >= 15 is 0 Å².